The van der Waals surface area contributed by atoms with Crippen LogP contribution in [0.5, 0.6) is 0 Å². The lowest BCUT2D eigenvalue weighted by molar-refractivity contribution is 0.222. The fourth-order valence-electron chi connectivity index (χ4n) is 3.22. The molecular weight excluding hydrogens is 214 g/mol. The number of hydrogen-bond acceptors (Lipinski definition) is 2. The number of nitrogens with two attached hydrogens (primary N) is 1. The highest BCUT2D eigenvalue weighted by molar-refractivity contribution is 7.12. The molecule has 1 saturated carbocycles. The first-order valence-corrected chi connectivity index (χ1v) is 7.06. The molecule has 2 rings (SSSR count). The first kappa shape index (κ1) is 12.1. The fourth-order valence-corrected chi connectivity index (χ4v) is 4.20. The zero-order valence-corrected chi connectivity index (χ0v) is 11.7. The van der Waals surface area contributed by atoms with Crippen LogP contribution in [0.25, 0.3) is 0 Å². The summed E-state index contributed by atoms with van der Waals surface area (Å²) in [5.74, 6) is 0.653. The van der Waals surface area contributed by atoms with Crippen molar-refractivity contribution in [1.82, 2.24) is 0 Å². The minimum atomic E-state index is 0.238. The fraction of sp³-hybridized carbons (Fsp3) is 0.714. The van der Waals surface area contributed by atoms with Crippen molar-refractivity contribution in [1.29, 1.82) is 0 Å². The van der Waals surface area contributed by atoms with E-state index in [2.05, 4.69) is 33.8 Å². The summed E-state index contributed by atoms with van der Waals surface area (Å²) in [4.78, 5) is 2.80. The van der Waals surface area contributed by atoms with Crippen LogP contribution < -0.4 is 5.73 Å². The largest absolute Gasteiger partial charge is 0.324 e. The standard InChI is InChI=1S/C14H23NS/c1-9-8-11(10(2)16-9)13(15)12-6-5-7-14(12,3)4/h8,12-13H,5-7,15H2,1-4H3. The molecular formula is C14H23NS. The lowest BCUT2D eigenvalue weighted by Crippen LogP contribution is -2.29. The third-order valence-corrected chi connectivity index (χ3v) is 5.19. The Balaban J connectivity index is 2.25. The van der Waals surface area contributed by atoms with E-state index in [-0.39, 0.29) is 6.04 Å². The summed E-state index contributed by atoms with van der Waals surface area (Å²) in [5, 5.41) is 0. The summed E-state index contributed by atoms with van der Waals surface area (Å²) in [7, 11) is 0. The Kier molecular flexibility index (Phi) is 3.15. The van der Waals surface area contributed by atoms with Gasteiger partial charge in [0, 0.05) is 15.8 Å². The first-order chi connectivity index (χ1) is 7.42. The van der Waals surface area contributed by atoms with Crippen molar-refractivity contribution in [2.75, 3.05) is 0 Å². The maximum atomic E-state index is 6.50. The number of aryl methyl sites for hydroxylation is 2. The van der Waals surface area contributed by atoms with Gasteiger partial charge in [0.15, 0.2) is 0 Å². The number of rotatable bonds is 2. The minimum absolute atomic E-state index is 0.238. The molecule has 1 aliphatic carbocycles. The molecule has 0 aliphatic heterocycles. The molecule has 1 fully saturated rings. The van der Waals surface area contributed by atoms with Crippen LogP contribution in [0.4, 0.5) is 0 Å². The van der Waals surface area contributed by atoms with E-state index in [1.807, 2.05) is 11.3 Å². The quantitative estimate of drug-likeness (QED) is 0.820. The van der Waals surface area contributed by atoms with Gasteiger partial charge in [-0.05, 0) is 49.7 Å². The Bertz CT molecular complexity index is 378. The highest BCUT2D eigenvalue weighted by Gasteiger charge is 2.39. The zero-order chi connectivity index (χ0) is 11.9. The molecule has 1 aromatic heterocycles. The van der Waals surface area contributed by atoms with E-state index >= 15 is 0 Å². The Hall–Kier alpha value is -0.340. The second kappa shape index (κ2) is 4.15. The lowest BCUT2D eigenvalue weighted by atomic mass is 9.76. The highest BCUT2D eigenvalue weighted by Crippen LogP contribution is 2.48. The molecule has 0 spiro atoms. The summed E-state index contributed by atoms with van der Waals surface area (Å²) >= 11 is 1.88. The lowest BCUT2D eigenvalue weighted by Gasteiger charge is -2.32. The Morgan fingerprint density at radius 2 is 2.12 bits per heavy atom. The van der Waals surface area contributed by atoms with Crippen molar-refractivity contribution < 1.29 is 0 Å². The summed E-state index contributed by atoms with van der Waals surface area (Å²) < 4.78 is 0. The third-order valence-electron chi connectivity index (χ3n) is 4.21. The van der Waals surface area contributed by atoms with Crippen LogP contribution in [-0.4, -0.2) is 0 Å². The van der Waals surface area contributed by atoms with Crippen molar-refractivity contribution >= 4 is 11.3 Å². The highest BCUT2D eigenvalue weighted by atomic mass is 32.1. The molecule has 1 heterocycles. The monoisotopic (exact) mass is 237 g/mol. The van der Waals surface area contributed by atoms with E-state index in [0.717, 1.165) is 0 Å². The minimum Gasteiger partial charge on any atom is -0.324 e. The van der Waals surface area contributed by atoms with Gasteiger partial charge in [-0.1, -0.05) is 20.3 Å². The molecule has 90 valence electrons. The Morgan fingerprint density at radius 1 is 1.44 bits per heavy atom. The van der Waals surface area contributed by atoms with Crippen molar-refractivity contribution in [3.63, 3.8) is 0 Å². The van der Waals surface area contributed by atoms with Gasteiger partial charge in [-0.2, -0.15) is 0 Å². The van der Waals surface area contributed by atoms with Crippen LogP contribution in [0.15, 0.2) is 6.07 Å². The van der Waals surface area contributed by atoms with E-state index in [0.29, 0.717) is 11.3 Å². The average Bonchev–Trinajstić information content (AvgIpc) is 2.68. The average molecular weight is 237 g/mol. The molecule has 16 heavy (non-hydrogen) atoms. The van der Waals surface area contributed by atoms with Gasteiger partial charge in [0.05, 0.1) is 0 Å². The van der Waals surface area contributed by atoms with Crippen LogP contribution in [0.2, 0.25) is 0 Å². The zero-order valence-electron chi connectivity index (χ0n) is 10.8. The molecule has 1 aromatic rings. The van der Waals surface area contributed by atoms with Gasteiger partial charge >= 0.3 is 0 Å². The molecule has 1 aliphatic rings. The van der Waals surface area contributed by atoms with E-state index in [1.54, 1.807) is 0 Å². The van der Waals surface area contributed by atoms with E-state index in [9.17, 15) is 0 Å². The Labute approximate surface area is 103 Å². The molecule has 2 atom stereocenters. The van der Waals surface area contributed by atoms with Gasteiger partial charge in [0.1, 0.15) is 0 Å². The molecule has 0 saturated heterocycles. The molecule has 1 nitrogen and oxygen atoms in total. The van der Waals surface area contributed by atoms with E-state index < -0.39 is 0 Å². The molecule has 2 heteroatoms. The molecule has 0 bridgehead atoms. The van der Waals surface area contributed by atoms with Gasteiger partial charge < -0.3 is 5.73 Å². The summed E-state index contributed by atoms with van der Waals surface area (Å²) in [6.07, 6.45) is 3.96. The van der Waals surface area contributed by atoms with Gasteiger partial charge in [-0.25, -0.2) is 0 Å². The SMILES string of the molecule is Cc1cc(C(N)C2CCCC2(C)C)c(C)s1. The van der Waals surface area contributed by atoms with Gasteiger partial charge in [0.2, 0.25) is 0 Å². The van der Waals surface area contributed by atoms with Crippen LogP contribution in [0, 0.1) is 25.2 Å². The van der Waals surface area contributed by atoms with Crippen LogP contribution in [0.3, 0.4) is 0 Å². The van der Waals surface area contributed by atoms with Gasteiger partial charge in [0.25, 0.3) is 0 Å². The molecule has 2 unspecified atom stereocenters. The molecule has 0 aromatic carbocycles. The maximum absolute atomic E-state index is 6.50. The maximum Gasteiger partial charge on any atom is 0.0339 e. The van der Waals surface area contributed by atoms with Crippen LogP contribution in [-0.2, 0) is 0 Å². The second-order valence-electron chi connectivity index (χ2n) is 5.88. The van der Waals surface area contributed by atoms with Crippen LogP contribution in [0.1, 0.15) is 54.5 Å². The molecule has 0 amide bonds. The molecule has 2 N–H and O–H groups in total. The first-order valence-electron chi connectivity index (χ1n) is 6.24. The summed E-state index contributed by atoms with van der Waals surface area (Å²) in [6.45, 7) is 9.13. The van der Waals surface area contributed by atoms with Crippen molar-refractivity contribution in [2.24, 2.45) is 17.1 Å². The van der Waals surface area contributed by atoms with Crippen molar-refractivity contribution in [3.8, 4) is 0 Å². The number of thiophene rings is 1. The third kappa shape index (κ3) is 2.05. The van der Waals surface area contributed by atoms with Gasteiger partial charge in [-0.15, -0.1) is 11.3 Å². The van der Waals surface area contributed by atoms with E-state index in [1.165, 1.54) is 34.6 Å². The predicted molar refractivity (Wildman–Crippen MR) is 71.8 cm³/mol. The van der Waals surface area contributed by atoms with E-state index in [4.69, 9.17) is 5.73 Å². The summed E-state index contributed by atoms with van der Waals surface area (Å²) in [6, 6.07) is 2.53. The summed E-state index contributed by atoms with van der Waals surface area (Å²) in [5.41, 5.74) is 8.31. The Morgan fingerprint density at radius 3 is 2.56 bits per heavy atom. The van der Waals surface area contributed by atoms with Crippen molar-refractivity contribution in [2.45, 2.75) is 53.0 Å². The second-order valence-corrected chi connectivity index (χ2v) is 7.34. The molecule has 0 radical (unpaired) electrons. The van der Waals surface area contributed by atoms with Crippen LogP contribution >= 0.6 is 11.3 Å². The topological polar surface area (TPSA) is 26.0 Å². The normalized spacial score (nSPS) is 25.9. The number of hydrogen-bond donors (Lipinski definition) is 1. The smallest absolute Gasteiger partial charge is 0.0339 e. The van der Waals surface area contributed by atoms with Crippen molar-refractivity contribution in [3.05, 3.63) is 21.4 Å². The van der Waals surface area contributed by atoms with Gasteiger partial charge in [-0.3, -0.25) is 0 Å². The predicted octanol–water partition coefficient (Wildman–Crippen LogP) is 4.19.